The molecule has 4 amide bonds. The van der Waals surface area contributed by atoms with Crippen molar-refractivity contribution in [1.29, 1.82) is 0 Å². The van der Waals surface area contributed by atoms with E-state index in [2.05, 4.69) is 28.6 Å². The van der Waals surface area contributed by atoms with Gasteiger partial charge in [0.1, 0.15) is 24.7 Å². The van der Waals surface area contributed by atoms with Gasteiger partial charge in [0.25, 0.3) is 0 Å². The second-order valence-corrected chi connectivity index (χ2v) is 6.05. The van der Waals surface area contributed by atoms with Gasteiger partial charge in [0.05, 0.1) is 6.10 Å². The monoisotopic (exact) mass is 407 g/mol. The van der Waals surface area contributed by atoms with Gasteiger partial charge >= 0.3 is 5.97 Å². The van der Waals surface area contributed by atoms with Crippen molar-refractivity contribution >= 4 is 42.2 Å². The molecule has 0 heterocycles. The van der Waals surface area contributed by atoms with E-state index < -0.39 is 60.4 Å². The summed E-state index contributed by atoms with van der Waals surface area (Å²) >= 11 is 3.95. The Morgan fingerprint density at radius 1 is 1.04 bits per heavy atom. The maximum Gasteiger partial charge on any atom is 0.322 e. The summed E-state index contributed by atoms with van der Waals surface area (Å²) in [6.07, 6.45) is -1.57. The molecule has 0 aromatic heterocycles. The van der Waals surface area contributed by atoms with Crippen LogP contribution < -0.4 is 27.4 Å². The van der Waals surface area contributed by atoms with E-state index in [-0.39, 0.29) is 18.6 Å². The number of amides is 4. The first kappa shape index (κ1) is 24.6. The van der Waals surface area contributed by atoms with Gasteiger partial charge in [0.2, 0.25) is 23.6 Å². The molecule has 0 spiro atoms. The molecule has 9 N–H and O–H groups in total. The van der Waals surface area contributed by atoms with Gasteiger partial charge in [-0.2, -0.15) is 12.6 Å². The Labute approximate surface area is 160 Å². The van der Waals surface area contributed by atoms with E-state index in [4.69, 9.17) is 16.6 Å². The average Bonchev–Trinajstić information content (AvgIpc) is 2.59. The number of aliphatic hydroxyl groups is 1. The van der Waals surface area contributed by atoms with Crippen molar-refractivity contribution < 1.29 is 34.2 Å². The molecule has 0 aromatic rings. The van der Waals surface area contributed by atoms with E-state index in [0.717, 1.165) is 0 Å². The fourth-order valence-electron chi connectivity index (χ4n) is 1.79. The Balaban J connectivity index is 5.04. The molecule has 154 valence electrons. The predicted molar refractivity (Wildman–Crippen MR) is 96.4 cm³/mol. The lowest BCUT2D eigenvalue weighted by Gasteiger charge is -2.23. The lowest BCUT2D eigenvalue weighted by molar-refractivity contribution is -0.138. The van der Waals surface area contributed by atoms with Crippen molar-refractivity contribution in [3.63, 3.8) is 0 Å². The molecule has 0 aliphatic rings. The van der Waals surface area contributed by atoms with Crippen molar-refractivity contribution in [3.05, 3.63) is 0 Å². The van der Waals surface area contributed by atoms with Crippen LogP contribution in [0.5, 0.6) is 0 Å². The maximum atomic E-state index is 12.3. The number of carboxylic acid groups (broad SMARTS) is 1. The van der Waals surface area contributed by atoms with E-state index in [1.165, 1.54) is 6.92 Å². The number of hydrogen-bond donors (Lipinski definition) is 8. The molecule has 27 heavy (non-hydrogen) atoms. The minimum atomic E-state index is -1.30. The van der Waals surface area contributed by atoms with Crippen molar-refractivity contribution in [2.45, 2.75) is 44.0 Å². The second-order valence-electron chi connectivity index (χ2n) is 5.69. The summed E-state index contributed by atoms with van der Waals surface area (Å²) in [5, 5.41) is 24.6. The molecule has 0 rings (SSSR count). The SMILES string of the molecule is CC(O)C(N)C(=O)NC(CS)C(=O)NC(CCC(N)=O)C(=O)NCC(=O)O. The highest BCUT2D eigenvalue weighted by molar-refractivity contribution is 7.80. The van der Waals surface area contributed by atoms with Gasteiger partial charge in [-0.05, 0) is 13.3 Å². The van der Waals surface area contributed by atoms with Gasteiger partial charge in [-0.3, -0.25) is 24.0 Å². The number of nitrogens with two attached hydrogens (primary N) is 2. The Bertz CT molecular complexity index is 572. The summed E-state index contributed by atoms with van der Waals surface area (Å²) in [5.74, 6) is -4.61. The molecule has 0 bridgehead atoms. The number of nitrogens with one attached hydrogen (secondary N) is 3. The highest BCUT2D eigenvalue weighted by Crippen LogP contribution is 2.00. The number of aliphatic hydroxyl groups excluding tert-OH is 1. The molecule has 0 aromatic carbocycles. The van der Waals surface area contributed by atoms with Crippen molar-refractivity contribution in [2.24, 2.45) is 11.5 Å². The van der Waals surface area contributed by atoms with Crippen molar-refractivity contribution in [2.75, 3.05) is 12.3 Å². The van der Waals surface area contributed by atoms with E-state index >= 15 is 0 Å². The van der Waals surface area contributed by atoms with Gasteiger partial charge < -0.3 is 37.6 Å². The molecule has 4 unspecified atom stereocenters. The van der Waals surface area contributed by atoms with Crippen LogP contribution in [0.2, 0.25) is 0 Å². The number of carboxylic acids is 1. The minimum absolute atomic E-state index is 0.149. The smallest absolute Gasteiger partial charge is 0.322 e. The molecule has 0 saturated carbocycles. The second kappa shape index (κ2) is 12.1. The lowest BCUT2D eigenvalue weighted by atomic mass is 10.1. The van der Waals surface area contributed by atoms with E-state index in [1.54, 1.807) is 0 Å². The molecule has 0 radical (unpaired) electrons. The first-order chi connectivity index (χ1) is 12.5. The summed E-state index contributed by atoms with van der Waals surface area (Å²) in [6, 6.07) is -3.72. The van der Waals surface area contributed by atoms with Crippen molar-refractivity contribution in [1.82, 2.24) is 16.0 Å². The van der Waals surface area contributed by atoms with Crippen LogP contribution in [0.25, 0.3) is 0 Å². The predicted octanol–water partition coefficient (Wildman–Crippen LogP) is -3.94. The number of hydrogen-bond acceptors (Lipinski definition) is 8. The third kappa shape index (κ3) is 9.77. The highest BCUT2D eigenvalue weighted by atomic mass is 32.1. The molecule has 4 atom stereocenters. The zero-order valence-electron chi connectivity index (χ0n) is 14.7. The lowest BCUT2D eigenvalue weighted by Crippen LogP contribution is -2.58. The number of carbonyl (C=O) groups excluding carboxylic acids is 4. The third-order valence-corrected chi connectivity index (χ3v) is 3.73. The zero-order chi connectivity index (χ0) is 21.1. The van der Waals surface area contributed by atoms with Gasteiger partial charge in [0.15, 0.2) is 0 Å². The Hall–Kier alpha value is -2.38. The van der Waals surface area contributed by atoms with E-state index in [1.807, 2.05) is 0 Å². The third-order valence-electron chi connectivity index (χ3n) is 3.36. The van der Waals surface area contributed by atoms with E-state index in [0.29, 0.717) is 0 Å². The Morgan fingerprint density at radius 3 is 2.04 bits per heavy atom. The van der Waals surface area contributed by atoms with Gasteiger partial charge in [-0.15, -0.1) is 0 Å². The average molecular weight is 407 g/mol. The van der Waals surface area contributed by atoms with Crippen LogP contribution >= 0.6 is 12.6 Å². The maximum absolute atomic E-state index is 12.3. The topological polar surface area (TPSA) is 214 Å². The van der Waals surface area contributed by atoms with Crippen LogP contribution in [0.3, 0.4) is 0 Å². The molecule has 0 fully saturated rings. The molecular weight excluding hydrogens is 382 g/mol. The number of thiol groups is 1. The number of aliphatic carboxylic acids is 1. The van der Waals surface area contributed by atoms with Crippen LogP contribution in [-0.2, 0) is 24.0 Å². The normalized spacial score (nSPS) is 15.0. The molecule has 0 aliphatic heterocycles. The zero-order valence-corrected chi connectivity index (χ0v) is 15.6. The first-order valence-electron chi connectivity index (χ1n) is 7.92. The summed E-state index contributed by atoms with van der Waals surface area (Å²) in [6.45, 7) is 0.615. The highest BCUT2D eigenvalue weighted by Gasteiger charge is 2.28. The molecule has 13 heteroatoms. The largest absolute Gasteiger partial charge is 0.480 e. The van der Waals surface area contributed by atoms with Crippen molar-refractivity contribution in [3.8, 4) is 0 Å². The molecule has 12 nitrogen and oxygen atoms in total. The van der Waals surface area contributed by atoms with Crippen LogP contribution in [0.1, 0.15) is 19.8 Å². The summed E-state index contributed by atoms with van der Waals surface area (Å²) in [5.41, 5.74) is 10.5. The fraction of sp³-hybridized carbons (Fsp3) is 0.643. The van der Waals surface area contributed by atoms with Crippen LogP contribution in [0.4, 0.5) is 0 Å². The quantitative estimate of drug-likeness (QED) is 0.149. The van der Waals surface area contributed by atoms with Gasteiger partial charge in [-0.25, -0.2) is 0 Å². The Morgan fingerprint density at radius 2 is 1.59 bits per heavy atom. The van der Waals surface area contributed by atoms with E-state index in [9.17, 15) is 29.1 Å². The number of rotatable bonds is 12. The molecular formula is C14H25N5O7S. The molecule has 0 aliphatic carbocycles. The standard InChI is InChI=1S/C14H25N5O7S/c1-6(20)11(16)14(26)19-8(5-27)13(25)18-7(2-3-9(15)21)12(24)17-4-10(22)23/h6-8,11,20,27H,2-5,16H2,1H3,(H2,15,21)(H,17,24)(H,18,25)(H,19,26)(H,22,23). The van der Waals surface area contributed by atoms with Crippen LogP contribution in [-0.4, -0.2) is 76.3 Å². The van der Waals surface area contributed by atoms with Crippen LogP contribution in [0.15, 0.2) is 0 Å². The van der Waals surface area contributed by atoms with Gasteiger partial charge in [0, 0.05) is 12.2 Å². The first-order valence-corrected chi connectivity index (χ1v) is 8.55. The number of primary amides is 1. The number of carbonyl (C=O) groups is 5. The fourth-order valence-corrected chi connectivity index (χ4v) is 2.05. The summed E-state index contributed by atoms with van der Waals surface area (Å²) in [4.78, 5) is 57.7. The summed E-state index contributed by atoms with van der Waals surface area (Å²) < 4.78 is 0. The summed E-state index contributed by atoms with van der Waals surface area (Å²) in [7, 11) is 0. The van der Waals surface area contributed by atoms with Gasteiger partial charge in [-0.1, -0.05) is 0 Å². The minimum Gasteiger partial charge on any atom is -0.480 e. The van der Waals surface area contributed by atoms with Crippen LogP contribution in [0, 0.1) is 0 Å². The molecule has 0 saturated heterocycles. The Kier molecular flexibility index (Phi) is 11.0.